The van der Waals surface area contributed by atoms with Crippen molar-refractivity contribution in [1.82, 2.24) is 9.78 Å². The van der Waals surface area contributed by atoms with Gasteiger partial charge in [0.05, 0.1) is 31.1 Å². The number of primary sulfonamides is 1. The number of aryl methyl sites for hydroxylation is 1. The van der Waals surface area contributed by atoms with Crippen LogP contribution in [0.25, 0.3) is 22.0 Å². The minimum absolute atomic E-state index is 0.250. The van der Waals surface area contributed by atoms with Crippen LogP contribution in [-0.4, -0.2) is 32.4 Å². The first-order chi connectivity index (χ1) is 12.7. The summed E-state index contributed by atoms with van der Waals surface area (Å²) in [6, 6.07) is 10.1. The van der Waals surface area contributed by atoms with E-state index in [0.717, 1.165) is 5.56 Å². The quantitative estimate of drug-likeness (QED) is 0.706. The van der Waals surface area contributed by atoms with Crippen LogP contribution in [0.3, 0.4) is 0 Å². The molecule has 2 aromatic carbocycles. The van der Waals surface area contributed by atoms with Gasteiger partial charge in [0.1, 0.15) is 0 Å². The smallest absolute Gasteiger partial charge is 0.274 e. The number of hydrogen-bond donors (Lipinski definition) is 1. The lowest BCUT2D eigenvalue weighted by Gasteiger charge is -2.13. The molecule has 3 rings (SSSR count). The van der Waals surface area contributed by atoms with Crippen molar-refractivity contribution in [3.63, 3.8) is 0 Å². The second-order valence-electron chi connectivity index (χ2n) is 6.03. The number of ether oxygens (including phenoxy) is 2. The van der Waals surface area contributed by atoms with E-state index < -0.39 is 10.0 Å². The summed E-state index contributed by atoms with van der Waals surface area (Å²) in [5.74, 6) is 0.676. The zero-order valence-electron chi connectivity index (χ0n) is 15.1. The lowest BCUT2D eigenvalue weighted by Crippen LogP contribution is -2.20. The minimum Gasteiger partial charge on any atom is -0.493 e. The zero-order chi connectivity index (χ0) is 19.8. The molecule has 0 spiro atoms. The number of hydrogen-bond acceptors (Lipinski definition) is 6. The summed E-state index contributed by atoms with van der Waals surface area (Å²) in [4.78, 5) is 12.5. The van der Waals surface area contributed by atoms with Gasteiger partial charge in [-0.15, -0.1) is 0 Å². The van der Waals surface area contributed by atoms with Crippen LogP contribution in [0.1, 0.15) is 5.56 Å². The highest BCUT2D eigenvalue weighted by molar-refractivity contribution is 7.88. The van der Waals surface area contributed by atoms with E-state index in [1.807, 2.05) is 0 Å². The van der Waals surface area contributed by atoms with Crippen LogP contribution in [0.5, 0.6) is 11.5 Å². The number of methoxy groups -OCH3 is 2. The molecule has 8 nitrogen and oxygen atoms in total. The molecule has 0 fully saturated rings. The Kier molecular flexibility index (Phi) is 4.90. The average Bonchev–Trinajstić information content (AvgIpc) is 2.63. The number of benzene rings is 2. The number of nitrogens with two attached hydrogens (primary N) is 1. The summed E-state index contributed by atoms with van der Waals surface area (Å²) in [5, 5.41) is 10.5. The number of nitrogens with zero attached hydrogens (tertiary/aromatic N) is 2. The molecular weight excluding hydrogens is 370 g/mol. The highest BCUT2D eigenvalue weighted by Gasteiger charge is 2.16. The van der Waals surface area contributed by atoms with Gasteiger partial charge in [0, 0.05) is 18.0 Å². The van der Waals surface area contributed by atoms with E-state index >= 15 is 0 Å². The van der Waals surface area contributed by atoms with E-state index in [2.05, 4.69) is 5.10 Å². The standard InChI is InChI=1S/C18H19N3O5S/c1-21-18(22)14-9-16(26-3)15(25-2)8-13(14)17(20-21)12-6-4-11(5-7-12)10-27(19,23)24/h4-9H,10H2,1-3H3,(H2,19,23,24). The van der Waals surface area contributed by atoms with Crippen LogP contribution < -0.4 is 20.2 Å². The largest absolute Gasteiger partial charge is 0.493 e. The molecule has 27 heavy (non-hydrogen) atoms. The van der Waals surface area contributed by atoms with Crippen molar-refractivity contribution in [1.29, 1.82) is 0 Å². The van der Waals surface area contributed by atoms with Gasteiger partial charge in [-0.25, -0.2) is 18.2 Å². The first-order valence-corrected chi connectivity index (χ1v) is 9.68. The van der Waals surface area contributed by atoms with Crippen LogP contribution in [0.2, 0.25) is 0 Å². The van der Waals surface area contributed by atoms with Gasteiger partial charge < -0.3 is 9.47 Å². The molecule has 2 N–H and O–H groups in total. The van der Waals surface area contributed by atoms with Crippen molar-refractivity contribution >= 4 is 20.8 Å². The van der Waals surface area contributed by atoms with Gasteiger partial charge in [0.25, 0.3) is 5.56 Å². The van der Waals surface area contributed by atoms with Gasteiger partial charge in [-0.1, -0.05) is 24.3 Å². The zero-order valence-corrected chi connectivity index (χ0v) is 15.9. The molecule has 0 unspecified atom stereocenters. The summed E-state index contributed by atoms with van der Waals surface area (Å²) < 4.78 is 34.4. The number of rotatable bonds is 5. The van der Waals surface area contributed by atoms with E-state index in [9.17, 15) is 13.2 Å². The van der Waals surface area contributed by atoms with Crippen LogP contribution in [0, 0.1) is 0 Å². The lowest BCUT2D eigenvalue weighted by molar-refractivity contribution is 0.356. The van der Waals surface area contributed by atoms with Gasteiger partial charge in [-0.05, 0) is 17.7 Å². The Labute approximate surface area is 156 Å². The maximum Gasteiger partial charge on any atom is 0.274 e. The second-order valence-corrected chi connectivity index (χ2v) is 7.65. The predicted molar refractivity (Wildman–Crippen MR) is 102 cm³/mol. The molecule has 1 aromatic heterocycles. The van der Waals surface area contributed by atoms with Gasteiger partial charge >= 0.3 is 0 Å². The molecule has 0 amide bonds. The number of aromatic nitrogens is 2. The maximum atomic E-state index is 12.5. The molecule has 0 aliphatic rings. The van der Waals surface area contributed by atoms with E-state index in [4.69, 9.17) is 14.6 Å². The van der Waals surface area contributed by atoms with Crippen LogP contribution in [-0.2, 0) is 22.8 Å². The molecule has 9 heteroatoms. The van der Waals surface area contributed by atoms with Crippen molar-refractivity contribution < 1.29 is 17.9 Å². The van der Waals surface area contributed by atoms with Crippen LogP contribution >= 0.6 is 0 Å². The second kappa shape index (κ2) is 7.01. The molecule has 0 saturated heterocycles. The van der Waals surface area contributed by atoms with Gasteiger partial charge in [0.2, 0.25) is 10.0 Å². The number of fused-ring (bicyclic) bond motifs is 1. The first-order valence-electron chi connectivity index (χ1n) is 7.96. The lowest BCUT2D eigenvalue weighted by atomic mass is 10.0. The fourth-order valence-corrected chi connectivity index (χ4v) is 3.54. The molecule has 1 heterocycles. The third-order valence-electron chi connectivity index (χ3n) is 4.15. The van der Waals surface area contributed by atoms with E-state index in [1.165, 1.54) is 18.9 Å². The topological polar surface area (TPSA) is 114 Å². The molecule has 0 radical (unpaired) electrons. The Hall–Kier alpha value is -2.91. The molecular formula is C18H19N3O5S. The molecule has 0 bridgehead atoms. The average molecular weight is 389 g/mol. The summed E-state index contributed by atoms with van der Waals surface area (Å²) in [5.41, 5.74) is 1.59. The molecule has 3 aromatic rings. The summed E-state index contributed by atoms with van der Waals surface area (Å²) in [7, 11) is 0.971. The summed E-state index contributed by atoms with van der Waals surface area (Å²) >= 11 is 0. The van der Waals surface area contributed by atoms with Crippen LogP contribution in [0.15, 0.2) is 41.2 Å². The predicted octanol–water partition coefficient (Wildman–Crippen LogP) is 1.41. The third kappa shape index (κ3) is 3.79. The Morgan fingerprint density at radius 3 is 2.11 bits per heavy atom. The normalized spacial score (nSPS) is 11.6. The van der Waals surface area contributed by atoms with Crippen molar-refractivity contribution in [3.05, 3.63) is 52.3 Å². The Morgan fingerprint density at radius 2 is 1.59 bits per heavy atom. The first kappa shape index (κ1) is 18.9. The Balaban J connectivity index is 2.22. The van der Waals surface area contributed by atoms with Crippen molar-refractivity contribution in [2.45, 2.75) is 5.75 Å². The SMILES string of the molecule is COc1cc2c(-c3ccc(CS(N)(=O)=O)cc3)nn(C)c(=O)c2cc1OC. The fraction of sp³-hybridized carbons (Fsp3) is 0.222. The fourth-order valence-electron chi connectivity index (χ4n) is 2.88. The van der Waals surface area contributed by atoms with Crippen molar-refractivity contribution in [2.24, 2.45) is 12.2 Å². The van der Waals surface area contributed by atoms with Gasteiger partial charge in [-0.2, -0.15) is 5.10 Å². The molecule has 0 atom stereocenters. The van der Waals surface area contributed by atoms with Crippen LogP contribution in [0.4, 0.5) is 0 Å². The third-order valence-corrected chi connectivity index (χ3v) is 4.88. The summed E-state index contributed by atoms with van der Waals surface area (Å²) in [6.07, 6.45) is 0. The molecule has 0 aliphatic carbocycles. The van der Waals surface area contributed by atoms with Crippen molar-refractivity contribution in [2.75, 3.05) is 14.2 Å². The van der Waals surface area contributed by atoms with Gasteiger partial charge in [-0.3, -0.25) is 4.79 Å². The maximum absolute atomic E-state index is 12.5. The van der Waals surface area contributed by atoms with Crippen molar-refractivity contribution in [3.8, 4) is 22.8 Å². The van der Waals surface area contributed by atoms with E-state index in [1.54, 1.807) is 43.4 Å². The molecule has 0 saturated carbocycles. The van der Waals surface area contributed by atoms with E-state index in [0.29, 0.717) is 33.5 Å². The highest BCUT2D eigenvalue weighted by Crippen LogP contribution is 2.34. The van der Waals surface area contributed by atoms with Gasteiger partial charge in [0.15, 0.2) is 11.5 Å². The molecule has 142 valence electrons. The molecule has 0 aliphatic heterocycles. The monoisotopic (exact) mass is 389 g/mol. The minimum atomic E-state index is -3.61. The summed E-state index contributed by atoms with van der Waals surface area (Å²) in [6.45, 7) is 0. The Morgan fingerprint density at radius 1 is 1.04 bits per heavy atom. The number of sulfonamides is 1. The Bertz CT molecular complexity index is 1170. The highest BCUT2D eigenvalue weighted by atomic mass is 32.2. The van der Waals surface area contributed by atoms with E-state index in [-0.39, 0.29) is 11.3 Å².